The van der Waals surface area contributed by atoms with Gasteiger partial charge in [-0.25, -0.2) is 4.98 Å². The first kappa shape index (κ1) is 22.4. The van der Waals surface area contributed by atoms with Crippen LogP contribution >= 0.6 is 0 Å². The van der Waals surface area contributed by atoms with E-state index in [4.69, 9.17) is 14.5 Å². The van der Waals surface area contributed by atoms with Crippen LogP contribution in [0.2, 0.25) is 0 Å². The molecule has 1 aromatic heterocycles. The molecule has 0 aliphatic carbocycles. The lowest BCUT2D eigenvalue weighted by molar-refractivity contribution is -0.134. The number of carbonyl (C=O) groups excluding carboxylic acids is 1. The van der Waals surface area contributed by atoms with Gasteiger partial charge in [0.1, 0.15) is 17.3 Å². The third kappa shape index (κ3) is 5.58. The minimum atomic E-state index is -0.272. The number of benzene rings is 4. The lowest BCUT2D eigenvalue weighted by Gasteiger charge is -2.10. The van der Waals surface area contributed by atoms with E-state index in [9.17, 15) is 4.79 Å². The summed E-state index contributed by atoms with van der Waals surface area (Å²) < 4.78 is 13.4. The third-order valence-corrected chi connectivity index (χ3v) is 5.72. The molecule has 174 valence electrons. The Labute approximate surface area is 204 Å². The molecule has 0 amide bonds. The highest BCUT2D eigenvalue weighted by Crippen LogP contribution is 2.27. The highest BCUT2D eigenvalue weighted by molar-refractivity contribution is 5.81. The quantitative estimate of drug-likeness (QED) is 0.142. The summed E-state index contributed by atoms with van der Waals surface area (Å²) in [6.45, 7) is 1.19. The monoisotopic (exact) mass is 462 g/mol. The van der Waals surface area contributed by atoms with Crippen molar-refractivity contribution >= 4 is 17.0 Å². The van der Waals surface area contributed by atoms with E-state index in [1.165, 1.54) is 5.56 Å². The van der Waals surface area contributed by atoms with Gasteiger partial charge in [-0.1, -0.05) is 60.7 Å². The molecule has 0 unspecified atom stereocenters. The number of hydrogen-bond acceptors (Lipinski definition) is 4. The SMILES string of the molecule is O=C(CCCOc1ccccc1)Oc1ccc(-c2nc3ccccc3n2Cc2ccccc2)cc1. The Morgan fingerprint density at radius 3 is 2.20 bits per heavy atom. The van der Waals surface area contributed by atoms with E-state index in [2.05, 4.69) is 22.8 Å². The normalized spacial score (nSPS) is 10.9. The fourth-order valence-corrected chi connectivity index (χ4v) is 4.00. The fourth-order valence-electron chi connectivity index (χ4n) is 4.00. The number of ether oxygens (including phenoxy) is 2. The summed E-state index contributed by atoms with van der Waals surface area (Å²) in [5, 5.41) is 0. The van der Waals surface area contributed by atoms with Crippen LogP contribution in [-0.2, 0) is 11.3 Å². The zero-order valence-electron chi connectivity index (χ0n) is 19.3. The molecule has 0 bridgehead atoms. The zero-order valence-corrected chi connectivity index (χ0v) is 19.3. The molecule has 1 heterocycles. The van der Waals surface area contributed by atoms with Crippen LogP contribution in [0.15, 0.2) is 109 Å². The lowest BCUT2D eigenvalue weighted by atomic mass is 10.2. The third-order valence-electron chi connectivity index (χ3n) is 5.72. The highest BCUT2D eigenvalue weighted by atomic mass is 16.5. The minimum Gasteiger partial charge on any atom is -0.494 e. The van der Waals surface area contributed by atoms with Gasteiger partial charge in [-0.2, -0.15) is 0 Å². The van der Waals surface area contributed by atoms with Crippen molar-refractivity contribution in [3.05, 3.63) is 115 Å². The van der Waals surface area contributed by atoms with Gasteiger partial charge in [-0.15, -0.1) is 0 Å². The second kappa shape index (κ2) is 10.7. The number of para-hydroxylation sites is 3. The van der Waals surface area contributed by atoms with Gasteiger partial charge in [-0.3, -0.25) is 4.79 Å². The van der Waals surface area contributed by atoms with Crippen molar-refractivity contribution in [3.8, 4) is 22.9 Å². The van der Waals surface area contributed by atoms with E-state index < -0.39 is 0 Å². The molecule has 5 rings (SSSR count). The molecule has 5 nitrogen and oxygen atoms in total. The van der Waals surface area contributed by atoms with Crippen molar-refractivity contribution in [2.24, 2.45) is 0 Å². The van der Waals surface area contributed by atoms with Gasteiger partial charge < -0.3 is 14.0 Å². The number of carbonyl (C=O) groups is 1. The number of rotatable bonds is 9. The molecule has 35 heavy (non-hydrogen) atoms. The van der Waals surface area contributed by atoms with E-state index >= 15 is 0 Å². The average Bonchev–Trinajstić information content (AvgIpc) is 3.26. The predicted molar refractivity (Wildman–Crippen MR) is 138 cm³/mol. The van der Waals surface area contributed by atoms with E-state index in [1.807, 2.05) is 91.0 Å². The summed E-state index contributed by atoms with van der Waals surface area (Å²) in [5.41, 5.74) is 4.21. The van der Waals surface area contributed by atoms with Crippen molar-refractivity contribution in [2.45, 2.75) is 19.4 Å². The number of hydrogen-bond donors (Lipinski definition) is 0. The number of esters is 1. The maximum Gasteiger partial charge on any atom is 0.311 e. The molecule has 0 aliphatic rings. The van der Waals surface area contributed by atoms with Crippen molar-refractivity contribution in [2.75, 3.05) is 6.61 Å². The van der Waals surface area contributed by atoms with Gasteiger partial charge in [0.2, 0.25) is 0 Å². The molecule has 0 radical (unpaired) electrons. The van der Waals surface area contributed by atoms with Gasteiger partial charge >= 0.3 is 5.97 Å². The van der Waals surface area contributed by atoms with Crippen molar-refractivity contribution in [3.63, 3.8) is 0 Å². The summed E-state index contributed by atoms with van der Waals surface area (Å²) in [6, 6.07) is 35.6. The molecule has 0 N–H and O–H groups in total. The Hall–Kier alpha value is -4.38. The van der Waals surface area contributed by atoms with Crippen LogP contribution < -0.4 is 9.47 Å². The molecule has 0 aliphatic heterocycles. The molecular weight excluding hydrogens is 436 g/mol. The van der Waals surface area contributed by atoms with Gasteiger partial charge in [0.15, 0.2) is 0 Å². The first-order valence-corrected chi connectivity index (χ1v) is 11.7. The van der Waals surface area contributed by atoms with E-state index in [0.29, 0.717) is 25.2 Å². The molecule has 0 saturated heterocycles. The van der Waals surface area contributed by atoms with Crippen molar-refractivity contribution < 1.29 is 14.3 Å². The van der Waals surface area contributed by atoms with Gasteiger partial charge in [0.25, 0.3) is 0 Å². The standard InChI is InChI=1S/C30H26N2O3/c33-29(16-9-21-34-25-12-5-2-6-13-25)35-26-19-17-24(18-20-26)30-31-27-14-7-8-15-28(27)32(30)22-23-10-3-1-4-11-23/h1-8,10-15,17-20H,9,16,21-22H2. The predicted octanol–water partition coefficient (Wildman–Crippen LogP) is 6.52. The summed E-state index contributed by atoms with van der Waals surface area (Å²) in [6.07, 6.45) is 0.886. The molecule has 0 atom stereocenters. The molecule has 0 saturated carbocycles. The second-order valence-corrected chi connectivity index (χ2v) is 8.26. The molecule has 5 aromatic rings. The van der Waals surface area contributed by atoms with Gasteiger partial charge in [0, 0.05) is 18.5 Å². The molecular formula is C30H26N2O3. The van der Waals surface area contributed by atoms with Crippen LogP contribution in [0.4, 0.5) is 0 Å². The highest BCUT2D eigenvalue weighted by Gasteiger charge is 2.13. The van der Waals surface area contributed by atoms with Gasteiger partial charge in [0.05, 0.1) is 17.6 Å². The van der Waals surface area contributed by atoms with Crippen LogP contribution in [0.1, 0.15) is 18.4 Å². The van der Waals surface area contributed by atoms with E-state index in [-0.39, 0.29) is 5.97 Å². The number of fused-ring (bicyclic) bond motifs is 1. The largest absolute Gasteiger partial charge is 0.494 e. The van der Waals surface area contributed by atoms with Crippen molar-refractivity contribution in [1.82, 2.24) is 9.55 Å². The first-order chi connectivity index (χ1) is 17.3. The molecule has 5 heteroatoms. The lowest BCUT2D eigenvalue weighted by Crippen LogP contribution is -2.10. The Balaban J connectivity index is 1.25. The average molecular weight is 463 g/mol. The van der Waals surface area contributed by atoms with Crippen LogP contribution in [0.25, 0.3) is 22.4 Å². The Bertz CT molecular complexity index is 1390. The van der Waals surface area contributed by atoms with Crippen LogP contribution in [0, 0.1) is 0 Å². The van der Waals surface area contributed by atoms with Gasteiger partial charge in [-0.05, 0) is 60.5 Å². The number of nitrogens with zero attached hydrogens (tertiary/aromatic N) is 2. The minimum absolute atomic E-state index is 0.272. The maximum absolute atomic E-state index is 12.3. The number of imidazole rings is 1. The van der Waals surface area contributed by atoms with E-state index in [0.717, 1.165) is 34.7 Å². The van der Waals surface area contributed by atoms with Crippen LogP contribution in [0.3, 0.4) is 0 Å². The smallest absolute Gasteiger partial charge is 0.311 e. The second-order valence-electron chi connectivity index (χ2n) is 8.26. The van der Waals surface area contributed by atoms with E-state index in [1.54, 1.807) is 0 Å². The Kier molecular flexibility index (Phi) is 6.85. The summed E-state index contributed by atoms with van der Waals surface area (Å²) in [4.78, 5) is 17.1. The molecule has 4 aromatic carbocycles. The van der Waals surface area contributed by atoms with Crippen molar-refractivity contribution in [1.29, 1.82) is 0 Å². The Morgan fingerprint density at radius 2 is 1.43 bits per heavy atom. The van der Waals surface area contributed by atoms with Crippen LogP contribution in [0.5, 0.6) is 11.5 Å². The zero-order chi connectivity index (χ0) is 23.9. The number of aromatic nitrogens is 2. The fraction of sp³-hybridized carbons (Fsp3) is 0.133. The molecule has 0 fully saturated rings. The van der Waals surface area contributed by atoms with Crippen LogP contribution in [-0.4, -0.2) is 22.1 Å². The maximum atomic E-state index is 12.3. The summed E-state index contributed by atoms with van der Waals surface area (Å²) in [7, 11) is 0. The molecule has 0 spiro atoms. The summed E-state index contributed by atoms with van der Waals surface area (Å²) >= 11 is 0. The topological polar surface area (TPSA) is 53.4 Å². The first-order valence-electron chi connectivity index (χ1n) is 11.7. The summed E-state index contributed by atoms with van der Waals surface area (Å²) in [5.74, 6) is 1.93. The Morgan fingerprint density at radius 1 is 0.743 bits per heavy atom.